The number of rotatable bonds is 4. The van der Waals surface area contributed by atoms with E-state index in [1.807, 2.05) is 13.8 Å². The number of aliphatic hydroxyl groups is 1. The first-order valence-electron chi connectivity index (χ1n) is 4.96. The predicted octanol–water partition coefficient (Wildman–Crippen LogP) is 1.65. The van der Waals surface area contributed by atoms with E-state index in [9.17, 15) is 9.59 Å². The average molecular weight is 236 g/mol. The Labute approximate surface area is 98.3 Å². The van der Waals surface area contributed by atoms with Gasteiger partial charge in [-0.1, -0.05) is 0 Å². The summed E-state index contributed by atoms with van der Waals surface area (Å²) in [7, 11) is 0. The van der Waals surface area contributed by atoms with E-state index >= 15 is 0 Å². The lowest BCUT2D eigenvalue weighted by molar-refractivity contribution is -0.132. The van der Waals surface area contributed by atoms with E-state index in [4.69, 9.17) is 9.84 Å². The molecule has 0 heterocycles. The molecule has 1 aromatic rings. The van der Waals surface area contributed by atoms with Crippen LogP contribution in [0.2, 0.25) is 0 Å². The third-order valence-corrected chi connectivity index (χ3v) is 1.70. The van der Waals surface area contributed by atoms with Crippen molar-refractivity contribution in [1.82, 2.24) is 0 Å². The van der Waals surface area contributed by atoms with Crippen molar-refractivity contribution in [2.24, 2.45) is 0 Å². The maximum Gasteiger partial charge on any atom is 0.390 e. The Hall–Kier alpha value is -2.26. The largest absolute Gasteiger partial charge is 0.494 e. The molecular formula is C12H12O5. The summed E-state index contributed by atoms with van der Waals surface area (Å²) < 4.78 is 10.1. The number of esters is 1. The molecule has 5 heteroatoms. The van der Waals surface area contributed by atoms with Gasteiger partial charge in [-0.3, -0.25) is 0 Å². The molecule has 0 saturated carbocycles. The Morgan fingerprint density at radius 1 is 1.24 bits per heavy atom. The van der Waals surface area contributed by atoms with Gasteiger partial charge in [-0.05, 0) is 38.1 Å². The zero-order chi connectivity index (χ0) is 12.8. The topological polar surface area (TPSA) is 72.8 Å². The van der Waals surface area contributed by atoms with Crippen LogP contribution in [0.5, 0.6) is 11.5 Å². The van der Waals surface area contributed by atoms with E-state index in [2.05, 4.69) is 4.74 Å². The van der Waals surface area contributed by atoms with Gasteiger partial charge in [0.05, 0.1) is 6.10 Å². The summed E-state index contributed by atoms with van der Waals surface area (Å²) in [6, 6.07) is 6.22. The van der Waals surface area contributed by atoms with Gasteiger partial charge in [-0.15, -0.1) is 0 Å². The first-order chi connectivity index (χ1) is 8.02. The molecule has 17 heavy (non-hydrogen) atoms. The SMILES string of the molecule is CC(C)Oc1ccc(OC(=O)C(O)=C=O)cc1. The van der Waals surface area contributed by atoms with Crippen LogP contribution in [-0.4, -0.2) is 23.1 Å². The lowest BCUT2D eigenvalue weighted by Gasteiger charge is -2.09. The Bertz CT molecular complexity index is 440. The lowest BCUT2D eigenvalue weighted by Crippen LogP contribution is -2.11. The molecular weight excluding hydrogens is 224 g/mol. The van der Waals surface area contributed by atoms with Gasteiger partial charge in [0, 0.05) is 0 Å². The monoisotopic (exact) mass is 236 g/mol. The average Bonchev–Trinajstić information content (AvgIpc) is 2.30. The number of hydrogen-bond acceptors (Lipinski definition) is 5. The predicted molar refractivity (Wildman–Crippen MR) is 59.7 cm³/mol. The van der Waals surface area contributed by atoms with E-state index < -0.39 is 11.7 Å². The summed E-state index contributed by atoms with van der Waals surface area (Å²) in [5.74, 6) is -0.350. The Morgan fingerprint density at radius 3 is 2.24 bits per heavy atom. The van der Waals surface area contributed by atoms with Gasteiger partial charge in [0.2, 0.25) is 0 Å². The second-order valence-electron chi connectivity index (χ2n) is 3.48. The second-order valence-corrected chi connectivity index (χ2v) is 3.48. The van der Waals surface area contributed by atoms with Crippen LogP contribution in [0.25, 0.3) is 0 Å². The maximum absolute atomic E-state index is 11.0. The molecule has 90 valence electrons. The molecule has 0 saturated heterocycles. The summed E-state index contributed by atoms with van der Waals surface area (Å²) in [6.45, 7) is 3.78. The first-order valence-corrected chi connectivity index (χ1v) is 4.96. The number of benzene rings is 1. The Kier molecular flexibility index (Phi) is 4.31. The summed E-state index contributed by atoms with van der Waals surface area (Å²) in [5.41, 5.74) is 0. The standard InChI is InChI=1S/C12H12O5/c1-8(2)16-9-3-5-10(6-4-9)17-12(15)11(14)7-13/h3-6,8,14H,1-2H3. The quantitative estimate of drug-likeness (QED) is 0.283. The molecule has 0 atom stereocenters. The number of ether oxygens (including phenoxy) is 2. The molecule has 0 unspecified atom stereocenters. The highest BCUT2D eigenvalue weighted by molar-refractivity contribution is 5.95. The Morgan fingerprint density at radius 2 is 1.76 bits per heavy atom. The third kappa shape index (κ3) is 4.01. The van der Waals surface area contributed by atoms with Gasteiger partial charge in [-0.25, -0.2) is 9.59 Å². The van der Waals surface area contributed by atoms with Crippen molar-refractivity contribution in [2.45, 2.75) is 20.0 Å². The second kappa shape index (κ2) is 5.72. The van der Waals surface area contributed by atoms with E-state index in [0.717, 1.165) is 5.94 Å². The van der Waals surface area contributed by atoms with Crippen molar-refractivity contribution >= 4 is 11.9 Å². The molecule has 0 aromatic heterocycles. The van der Waals surface area contributed by atoms with Crippen LogP contribution < -0.4 is 9.47 Å². The van der Waals surface area contributed by atoms with Gasteiger partial charge in [0.25, 0.3) is 5.76 Å². The van der Waals surface area contributed by atoms with Crippen molar-refractivity contribution in [3.63, 3.8) is 0 Å². The highest BCUT2D eigenvalue weighted by Gasteiger charge is 2.11. The van der Waals surface area contributed by atoms with Crippen LogP contribution in [0, 0.1) is 0 Å². The Balaban J connectivity index is 2.69. The highest BCUT2D eigenvalue weighted by Crippen LogP contribution is 2.18. The van der Waals surface area contributed by atoms with E-state index in [1.54, 1.807) is 12.1 Å². The molecule has 1 rings (SSSR count). The van der Waals surface area contributed by atoms with Crippen LogP contribution in [-0.2, 0) is 9.59 Å². The number of aliphatic hydroxyl groups excluding tert-OH is 1. The van der Waals surface area contributed by atoms with Gasteiger partial charge in [0.1, 0.15) is 11.5 Å². The van der Waals surface area contributed by atoms with Crippen molar-refractivity contribution in [1.29, 1.82) is 0 Å². The molecule has 0 aliphatic carbocycles. The highest BCUT2D eigenvalue weighted by atomic mass is 16.5. The molecule has 0 spiro atoms. The number of hydrogen-bond donors (Lipinski definition) is 1. The minimum Gasteiger partial charge on any atom is -0.494 e. The molecule has 0 amide bonds. The zero-order valence-corrected chi connectivity index (χ0v) is 9.47. The summed E-state index contributed by atoms with van der Waals surface area (Å²) in [6.07, 6.45) is 0.0467. The van der Waals surface area contributed by atoms with Crippen molar-refractivity contribution in [2.75, 3.05) is 0 Å². The molecule has 1 N–H and O–H groups in total. The maximum atomic E-state index is 11.0. The van der Waals surface area contributed by atoms with Gasteiger partial charge in [0.15, 0.2) is 5.94 Å². The molecule has 0 fully saturated rings. The van der Waals surface area contributed by atoms with E-state index in [-0.39, 0.29) is 11.9 Å². The summed E-state index contributed by atoms with van der Waals surface area (Å²) in [5, 5.41) is 8.76. The number of carbonyl (C=O) groups is 1. The molecule has 0 aliphatic rings. The van der Waals surface area contributed by atoms with Gasteiger partial charge in [-0.2, -0.15) is 0 Å². The number of carbonyl (C=O) groups excluding carboxylic acids is 2. The molecule has 1 aromatic carbocycles. The van der Waals surface area contributed by atoms with Crippen LogP contribution in [0.15, 0.2) is 30.0 Å². The zero-order valence-electron chi connectivity index (χ0n) is 9.47. The van der Waals surface area contributed by atoms with Crippen molar-refractivity contribution in [3.05, 3.63) is 30.0 Å². The van der Waals surface area contributed by atoms with Crippen LogP contribution in [0.1, 0.15) is 13.8 Å². The third-order valence-electron chi connectivity index (χ3n) is 1.70. The fraction of sp³-hybridized carbons (Fsp3) is 0.250. The fourth-order valence-corrected chi connectivity index (χ4v) is 1.06. The minimum absolute atomic E-state index is 0.0467. The lowest BCUT2D eigenvalue weighted by atomic mass is 10.3. The smallest absolute Gasteiger partial charge is 0.390 e. The summed E-state index contributed by atoms with van der Waals surface area (Å²) in [4.78, 5) is 21.0. The molecule has 0 bridgehead atoms. The van der Waals surface area contributed by atoms with E-state index in [0.29, 0.717) is 5.75 Å². The van der Waals surface area contributed by atoms with Crippen LogP contribution in [0.4, 0.5) is 0 Å². The van der Waals surface area contributed by atoms with Gasteiger partial charge >= 0.3 is 5.97 Å². The first kappa shape index (κ1) is 12.8. The molecule has 5 nitrogen and oxygen atoms in total. The molecule has 0 aliphatic heterocycles. The van der Waals surface area contributed by atoms with Crippen molar-refractivity contribution in [3.8, 4) is 11.5 Å². The molecule has 0 radical (unpaired) electrons. The van der Waals surface area contributed by atoms with Gasteiger partial charge < -0.3 is 14.6 Å². The van der Waals surface area contributed by atoms with Crippen LogP contribution in [0.3, 0.4) is 0 Å². The van der Waals surface area contributed by atoms with E-state index in [1.165, 1.54) is 12.1 Å². The summed E-state index contributed by atoms with van der Waals surface area (Å²) >= 11 is 0. The fourth-order valence-electron chi connectivity index (χ4n) is 1.06. The van der Waals surface area contributed by atoms with Crippen LogP contribution >= 0.6 is 0 Å². The normalized spacial score (nSPS) is 9.59. The minimum atomic E-state index is -1.14. The van der Waals surface area contributed by atoms with Crippen molar-refractivity contribution < 1.29 is 24.2 Å².